The topological polar surface area (TPSA) is 56.9 Å². The molecule has 0 unspecified atom stereocenters. The number of halogens is 1. The SMILES string of the molecule is CCNC(=NCC1(c2ccccc2F)CC1)N1CCN(Cc2cc(C)on2)CC1. The first-order valence-corrected chi connectivity index (χ1v) is 10.5. The fourth-order valence-corrected chi connectivity index (χ4v) is 4.05. The molecule has 6 nitrogen and oxygen atoms in total. The lowest BCUT2D eigenvalue weighted by molar-refractivity contribution is 0.169. The number of rotatable bonds is 6. The monoisotopic (exact) mass is 399 g/mol. The number of hydrogen-bond acceptors (Lipinski definition) is 4. The van der Waals surface area contributed by atoms with Gasteiger partial charge in [0.05, 0.1) is 12.2 Å². The average Bonchev–Trinajstić information content (AvgIpc) is 3.40. The molecule has 2 fully saturated rings. The molecule has 0 bridgehead atoms. The van der Waals surface area contributed by atoms with Crippen LogP contribution in [0.4, 0.5) is 4.39 Å². The Morgan fingerprint density at radius 3 is 2.62 bits per heavy atom. The third-order valence-corrected chi connectivity index (χ3v) is 5.90. The summed E-state index contributed by atoms with van der Waals surface area (Å²) < 4.78 is 19.5. The summed E-state index contributed by atoms with van der Waals surface area (Å²) in [6.45, 7) is 10.0. The third kappa shape index (κ3) is 4.61. The molecule has 1 aliphatic carbocycles. The molecule has 2 aromatic rings. The summed E-state index contributed by atoms with van der Waals surface area (Å²) in [5, 5.41) is 7.52. The van der Waals surface area contributed by atoms with E-state index in [4.69, 9.17) is 9.52 Å². The zero-order valence-electron chi connectivity index (χ0n) is 17.3. The van der Waals surface area contributed by atoms with Gasteiger partial charge in [0.15, 0.2) is 5.96 Å². The van der Waals surface area contributed by atoms with Crippen molar-refractivity contribution in [3.8, 4) is 0 Å². The number of guanidine groups is 1. The number of aliphatic imine (C=N–C) groups is 1. The first-order chi connectivity index (χ1) is 14.1. The van der Waals surface area contributed by atoms with E-state index in [0.29, 0.717) is 6.54 Å². The van der Waals surface area contributed by atoms with Crippen LogP contribution in [-0.4, -0.2) is 60.2 Å². The Balaban J connectivity index is 1.37. The molecule has 1 aromatic heterocycles. The maximum Gasteiger partial charge on any atom is 0.194 e. The van der Waals surface area contributed by atoms with Gasteiger partial charge in [0.1, 0.15) is 11.6 Å². The van der Waals surface area contributed by atoms with Crippen LogP contribution in [0.2, 0.25) is 0 Å². The van der Waals surface area contributed by atoms with Crippen LogP contribution in [0, 0.1) is 12.7 Å². The zero-order chi connectivity index (χ0) is 20.3. The fourth-order valence-electron chi connectivity index (χ4n) is 4.05. The largest absolute Gasteiger partial charge is 0.361 e. The predicted octanol–water partition coefficient (Wildman–Crippen LogP) is 2.94. The van der Waals surface area contributed by atoms with Crippen molar-refractivity contribution in [2.24, 2.45) is 4.99 Å². The average molecular weight is 400 g/mol. The Labute approximate surface area is 171 Å². The van der Waals surface area contributed by atoms with Crippen molar-refractivity contribution in [2.75, 3.05) is 39.3 Å². The Morgan fingerprint density at radius 2 is 2.00 bits per heavy atom. The molecule has 0 radical (unpaired) electrons. The molecule has 0 atom stereocenters. The lowest BCUT2D eigenvalue weighted by Crippen LogP contribution is -2.52. The quantitative estimate of drug-likeness (QED) is 0.598. The molecule has 1 aromatic carbocycles. The van der Waals surface area contributed by atoms with E-state index in [0.717, 1.165) is 75.1 Å². The number of benzene rings is 1. The Kier molecular flexibility index (Phi) is 5.85. The van der Waals surface area contributed by atoms with Gasteiger partial charge in [-0.15, -0.1) is 0 Å². The number of nitrogens with one attached hydrogen (secondary N) is 1. The lowest BCUT2D eigenvalue weighted by atomic mass is 9.95. The molecule has 7 heteroatoms. The van der Waals surface area contributed by atoms with Gasteiger partial charge in [-0.3, -0.25) is 9.89 Å². The number of hydrogen-bond donors (Lipinski definition) is 1. The molecule has 2 aliphatic rings. The maximum absolute atomic E-state index is 14.3. The van der Waals surface area contributed by atoms with Crippen molar-refractivity contribution in [2.45, 2.75) is 38.6 Å². The smallest absolute Gasteiger partial charge is 0.194 e. The highest BCUT2D eigenvalue weighted by Crippen LogP contribution is 2.49. The van der Waals surface area contributed by atoms with Gasteiger partial charge in [0.2, 0.25) is 0 Å². The van der Waals surface area contributed by atoms with Gasteiger partial charge >= 0.3 is 0 Å². The molecule has 1 saturated heterocycles. The van der Waals surface area contributed by atoms with Crippen molar-refractivity contribution in [3.05, 3.63) is 53.2 Å². The summed E-state index contributed by atoms with van der Waals surface area (Å²) in [5.41, 5.74) is 1.67. The summed E-state index contributed by atoms with van der Waals surface area (Å²) in [6.07, 6.45) is 2.00. The second-order valence-corrected chi connectivity index (χ2v) is 8.12. The third-order valence-electron chi connectivity index (χ3n) is 5.90. The zero-order valence-corrected chi connectivity index (χ0v) is 17.3. The van der Waals surface area contributed by atoms with Crippen LogP contribution in [0.5, 0.6) is 0 Å². The van der Waals surface area contributed by atoms with Crippen LogP contribution in [0.25, 0.3) is 0 Å². The molecule has 4 rings (SSSR count). The summed E-state index contributed by atoms with van der Waals surface area (Å²) in [5.74, 6) is 1.68. The van der Waals surface area contributed by atoms with Gasteiger partial charge in [-0.05, 0) is 38.3 Å². The maximum atomic E-state index is 14.3. The Bertz CT molecular complexity index is 852. The van der Waals surface area contributed by atoms with Gasteiger partial charge in [-0.25, -0.2) is 4.39 Å². The van der Waals surface area contributed by atoms with Crippen molar-refractivity contribution in [1.82, 2.24) is 20.3 Å². The van der Waals surface area contributed by atoms with Crippen molar-refractivity contribution in [3.63, 3.8) is 0 Å². The van der Waals surface area contributed by atoms with Crippen LogP contribution >= 0.6 is 0 Å². The van der Waals surface area contributed by atoms with Gasteiger partial charge in [0.25, 0.3) is 0 Å². The van der Waals surface area contributed by atoms with E-state index in [1.807, 2.05) is 25.1 Å². The van der Waals surface area contributed by atoms with E-state index in [-0.39, 0.29) is 11.2 Å². The van der Waals surface area contributed by atoms with Crippen LogP contribution < -0.4 is 5.32 Å². The van der Waals surface area contributed by atoms with E-state index in [1.165, 1.54) is 0 Å². The highest BCUT2D eigenvalue weighted by Gasteiger charge is 2.46. The summed E-state index contributed by atoms with van der Waals surface area (Å²) >= 11 is 0. The normalized spacial score (nSPS) is 19.4. The number of aryl methyl sites for hydroxylation is 1. The molecular formula is C22H30FN5O. The van der Waals surface area contributed by atoms with Crippen molar-refractivity contribution in [1.29, 1.82) is 0 Å². The number of nitrogens with zero attached hydrogens (tertiary/aromatic N) is 4. The second kappa shape index (κ2) is 8.53. The van der Waals surface area contributed by atoms with Gasteiger partial charge < -0.3 is 14.7 Å². The van der Waals surface area contributed by atoms with Gasteiger partial charge in [0, 0.05) is 50.7 Å². The van der Waals surface area contributed by atoms with E-state index in [2.05, 4.69) is 27.2 Å². The Hall–Kier alpha value is -2.41. The Morgan fingerprint density at radius 1 is 1.24 bits per heavy atom. The van der Waals surface area contributed by atoms with Crippen molar-refractivity contribution >= 4 is 5.96 Å². The van der Waals surface area contributed by atoms with E-state index >= 15 is 0 Å². The predicted molar refractivity (Wildman–Crippen MR) is 111 cm³/mol. The van der Waals surface area contributed by atoms with Crippen LogP contribution in [0.15, 0.2) is 39.8 Å². The minimum absolute atomic E-state index is 0.109. The summed E-state index contributed by atoms with van der Waals surface area (Å²) in [4.78, 5) is 9.62. The highest BCUT2D eigenvalue weighted by atomic mass is 19.1. The van der Waals surface area contributed by atoms with Crippen LogP contribution in [0.3, 0.4) is 0 Å². The summed E-state index contributed by atoms with van der Waals surface area (Å²) in [7, 11) is 0. The second-order valence-electron chi connectivity index (χ2n) is 8.12. The lowest BCUT2D eigenvalue weighted by Gasteiger charge is -2.36. The fraction of sp³-hybridized carbons (Fsp3) is 0.545. The summed E-state index contributed by atoms with van der Waals surface area (Å²) in [6, 6.07) is 9.13. The molecule has 156 valence electrons. The molecule has 0 spiro atoms. The first-order valence-electron chi connectivity index (χ1n) is 10.5. The van der Waals surface area contributed by atoms with Crippen LogP contribution in [-0.2, 0) is 12.0 Å². The molecule has 0 amide bonds. The molecule has 1 aliphatic heterocycles. The van der Waals surface area contributed by atoms with E-state index in [1.54, 1.807) is 12.1 Å². The van der Waals surface area contributed by atoms with Crippen molar-refractivity contribution < 1.29 is 8.91 Å². The van der Waals surface area contributed by atoms with E-state index < -0.39 is 0 Å². The van der Waals surface area contributed by atoms with Gasteiger partial charge in [-0.2, -0.15) is 0 Å². The minimum atomic E-state index is -0.126. The highest BCUT2D eigenvalue weighted by molar-refractivity contribution is 5.80. The molecule has 2 heterocycles. The number of aromatic nitrogens is 1. The molecule has 1 N–H and O–H groups in total. The van der Waals surface area contributed by atoms with Gasteiger partial charge in [-0.1, -0.05) is 23.4 Å². The first kappa shape index (κ1) is 19.9. The molecular weight excluding hydrogens is 369 g/mol. The van der Waals surface area contributed by atoms with E-state index in [9.17, 15) is 4.39 Å². The minimum Gasteiger partial charge on any atom is -0.361 e. The number of piperazine rings is 1. The molecule has 1 saturated carbocycles. The van der Waals surface area contributed by atoms with Crippen LogP contribution in [0.1, 0.15) is 36.8 Å². The standard InChI is InChI=1S/C22H30FN5O/c1-3-24-21(25-16-22(8-9-22)19-6-4-5-7-20(19)23)28-12-10-27(11-13-28)15-18-14-17(2)29-26-18/h4-7,14H,3,8-13,15-16H2,1-2H3,(H,24,25). The molecule has 29 heavy (non-hydrogen) atoms.